The van der Waals surface area contributed by atoms with Gasteiger partial charge in [-0.15, -0.1) is 6.54 Å². The van der Waals surface area contributed by atoms with Crippen LogP contribution in [0.3, 0.4) is 0 Å². The van der Waals surface area contributed by atoms with Crippen LogP contribution < -0.4 is 4.74 Å². The molecular formula is C9H12NO-. The summed E-state index contributed by atoms with van der Waals surface area (Å²) in [7, 11) is 3.48. The fraction of sp³-hybridized carbons (Fsp3) is 0.333. The Balaban J connectivity index is 2.66. The van der Waals surface area contributed by atoms with Crippen LogP contribution >= 0.6 is 0 Å². The van der Waals surface area contributed by atoms with Gasteiger partial charge in [-0.25, -0.2) is 0 Å². The van der Waals surface area contributed by atoms with Crippen LogP contribution in [0.1, 0.15) is 5.56 Å². The average molecular weight is 150 g/mol. The lowest BCUT2D eigenvalue weighted by atomic mass is 10.2. The zero-order chi connectivity index (χ0) is 8.10. The zero-order valence-corrected chi connectivity index (χ0v) is 6.87. The second kappa shape index (κ2) is 3.98. The molecule has 2 nitrogen and oxygen atoms in total. The van der Waals surface area contributed by atoms with Crippen LogP contribution in [-0.4, -0.2) is 14.2 Å². The first-order chi connectivity index (χ1) is 5.36. The molecule has 2 heteroatoms. The third kappa shape index (κ3) is 2.24. The summed E-state index contributed by atoms with van der Waals surface area (Å²) in [6.07, 6.45) is 0. The van der Waals surface area contributed by atoms with Crippen LogP contribution in [0.2, 0.25) is 0 Å². The van der Waals surface area contributed by atoms with Gasteiger partial charge in [0.15, 0.2) is 0 Å². The van der Waals surface area contributed by atoms with E-state index in [2.05, 4.69) is 5.32 Å². The highest BCUT2D eigenvalue weighted by Gasteiger charge is 1.87. The molecule has 0 atom stereocenters. The molecule has 0 fully saturated rings. The van der Waals surface area contributed by atoms with Crippen molar-refractivity contribution in [3.63, 3.8) is 0 Å². The molecule has 1 aromatic carbocycles. The number of rotatable bonds is 3. The molecule has 0 bridgehead atoms. The molecule has 0 heterocycles. The van der Waals surface area contributed by atoms with Gasteiger partial charge in [0.1, 0.15) is 5.75 Å². The van der Waals surface area contributed by atoms with Crippen molar-refractivity contribution in [3.05, 3.63) is 35.1 Å². The van der Waals surface area contributed by atoms with Crippen LogP contribution in [0.5, 0.6) is 5.75 Å². The SMILES string of the molecule is C[N-]Cc1ccc(OC)cc1. The van der Waals surface area contributed by atoms with Gasteiger partial charge >= 0.3 is 0 Å². The summed E-state index contributed by atoms with van der Waals surface area (Å²) in [5, 5.41) is 4.02. The number of hydrogen-bond donors (Lipinski definition) is 0. The van der Waals surface area contributed by atoms with E-state index in [0.29, 0.717) is 0 Å². The van der Waals surface area contributed by atoms with Gasteiger partial charge in [0, 0.05) is 0 Å². The van der Waals surface area contributed by atoms with E-state index in [1.165, 1.54) is 5.56 Å². The largest absolute Gasteiger partial charge is 0.661 e. The van der Waals surface area contributed by atoms with Crippen LogP contribution in [0, 0.1) is 0 Å². The standard InChI is InChI=1S/C9H12NO/c1-10-7-8-3-5-9(11-2)6-4-8/h3-6H,7H2,1-2H3/q-1. The van der Waals surface area contributed by atoms with Gasteiger partial charge in [0.05, 0.1) is 7.11 Å². The molecule has 0 aliphatic heterocycles. The van der Waals surface area contributed by atoms with Crippen molar-refractivity contribution < 1.29 is 4.74 Å². The zero-order valence-electron chi connectivity index (χ0n) is 6.87. The highest BCUT2D eigenvalue weighted by molar-refractivity contribution is 5.27. The third-order valence-electron chi connectivity index (χ3n) is 1.50. The molecule has 0 amide bonds. The van der Waals surface area contributed by atoms with Gasteiger partial charge in [-0.2, -0.15) is 7.05 Å². The maximum atomic E-state index is 5.02. The Bertz CT molecular complexity index is 205. The molecule has 1 rings (SSSR count). The van der Waals surface area contributed by atoms with Crippen molar-refractivity contribution >= 4 is 0 Å². The first kappa shape index (κ1) is 8.08. The fourth-order valence-corrected chi connectivity index (χ4v) is 0.914. The molecular weight excluding hydrogens is 138 g/mol. The van der Waals surface area contributed by atoms with Gasteiger partial charge in [-0.05, 0) is 12.1 Å². The van der Waals surface area contributed by atoms with Crippen molar-refractivity contribution in [2.45, 2.75) is 6.54 Å². The number of benzene rings is 1. The molecule has 60 valence electrons. The van der Waals surface area contributed by atoms with Crippen molar-refractivity contribution in [1.82, 2.24) is 0 Å². The molecule has 0 saturated carbocycles. The van der Waals surface area contributed by atoms with E-state index < -0.39 is 0 Å². The summed E-state index contributed by atoms with van der Waals surface area (Å²) in [5.41, 5.74) is 1.22. The molecule has 0 aliphatic carbocycles. The minimum absolute atomic E-state index is 0.782. The number of methoxy groups -OCH3 is 1. The Hall–Kier alpha value is -1.02. The number of ether oxygens (including phenoxy) is 1. The first-order valence-corrected chi connectivity index (χ1v) is 3.55. The van der Waals surface area contributed by atoms with E-state index in [4.69, 9.17) is 4.74 Å². The topological polar surface area (TPSA) is 23.3 Å². The smallest absolute Gasteiger partial charge is 0.118 e. The van der Waals surface area contributed by atoms with Crippen molar-refractivity contribution in [2.75, 3.05) is 14.2 Å². The average Bonchev–Trinajstić information content (AvgIpc) is 2.07. The Labute approximate surface area is 67.2 Å². The first-order valence-electron chi connectivity index (χ1n) is 3.55. The Morgan fingerprint density at radius 1 is 1.27 bits per heavy atom. The Kier molecular flexibility index (Phi) is 2.93. The van der Waals surface area contributed by atoms with Gasteiger partial charge in [0.25, 0.3) is 0 Å². The second-order valence-corrected chi connectivity index (χ2v) is 2.32. The van der Waals surface area contributed by atoms with E-state index in [-0.39, 0.29) is 0 Å². The van der Waals surface area contributed by atoms with Crippen LogP contribution in [0.25, 0.3) is 5.32 Å². The lowest BCUT2D eigenvalue weighted by Crippen LogP contribution is -1.84. The fourth-order valence-electron chi connectivity index (χ4n) is 0.914. The van der Waals surface area contributed by atoms with E-state index in [1.54, 1.807) is 7.11 Å². The second-order valence-electron chi connectivity index (χ2n) is 2.32. The number of nitrogens with zero attached hydrogens (tertiary/aromatic N) is 1. The summed E-state index contributed by atoms with van der Waals surface area (Å²) < 4.78 is 5.02. The van der Waals surface area contributed by atoms with Gasteiger partial charge in [-0.3, -0.25) is 0 Å². The molecule has 0 aromatic heterocycles. The van der Waals surface area contributed by atoms with Crippen molar-refractivity contribution in [2.24, 2.45) is 0 Å². The lowest BCUT2D eigenvalue weighted by Gasteiger charge is -2.10. The Morgan fingerprint density at radius 2 is 1.91 bits per heavy atom. The normalized spacial score (nSPS) is 9.64. The minimum atomic E-state index is 0.782. The third-order valence-corrected chi connectivity index (χ3v) is 1.50. The predicted octanol–water partition coefficient (Wildman–Crippen LogP) is 2.20. The lowest BCUT2D eigenvalue weighted by molar-refractivity contribution is 0.414. The number of hydrogen-bond acceptors (Lipinski definition) is 1. The predicted molar refractivity (Wildman–Crippen MR) is 46.0 cm³/mol. The Morgan fingerprint density at radius 3 is 2.36 bits per heavy atom. The summed E-state index contributed by atoms with van der Waals surface area (Å²) >= 11 is 0. The highest BCUT2D eigenvalue weighted by atomic mass is 16.5. The summed E-state index contributed by atoms with van der Waals surface area (Å²) in [5.74, 6) is 0.893. The summed E-state index contributed by atoms with van der Waals surface area (Å²) in [6, 6.07) is 7.93. The molecule has 0 N–H and O–H groups in total. The van der Waals surface area contributed by atoms with E-state index in [0.717, 1.165) is 12.3 Å². The maximum absolute atomic E-state index is 5.02. The molecule has 1 aromatic rings. The van der Waals surface area contributed by atoms with Gasteiger partial charge in [-0.1, -0.05) is 17.7 Å². The van der Waals surface area contributed by atoms with Crippen molar-refractivity contribution in [1.29, 1.82) is 0 Å². The molecule has 0 aliphatic rings. The summed E-state index contributed by atoms with van der Waals surface area (Å²) in [4.78, 5) is 0. The van der Waals surface area contributed by atoms with E-state index in [9.17, 15) is 0 Å². The summed E-state index contributed by atoms with van der Waals surface area (Å²) in [6.45, 7) is 0.782. The molecule has 11 heavy (non-hydrogen) atoms. The monoisotopic (exact) mass is 150 g/mol. The maximum Gasteiger partial charge on any atom is 0.118 e. The van der Waals surface area contributed by atoms with Crippen LogP contribution in [0.4, 0.5) is 0 Å². The van der Waals surface area contributed by atoms with E-state index in [1.807, 2.05) is 31.3 Å². The highest BCUT2D eigenvalue weighted by Crippen LogP contribution is 2.12. The molecule has 0 spiro atoms. The van der Waals surface area contributed by atoms with E-state index >= 15 is 0 Å². The van der Waals surface area contributed by atoms with Crippen LogP contribution in [-0.2, 0) is 6.54 Å². The molecule has 0 unspecified atom stereocenters. The quantitative estimate of drug-likeness (QED) is 0.647. The minimum Gasteiger partial charge on any atom is -0.661 e. The van der Waals surface area contributed by atoms with Crippen LogP contribution in [0.15, 0.2) is 24.3 Å². The van der Waals surface area contributed by atoms with Gasteiger partial charge < -0.3 is 10.1 Å². The molecule has 0 radical (unpaired) electrons. The van der Waals surface area contributed by atoms with Crippen molar-refractivity contribution in [3.8, 4) is 5.75 Å². The van der Waals surface area contributed by atoms with Gasteiger partial charge in [0.2, 0.25) is 0 Å². The molecule has 0 saturated heterocycles.